The van der Waals surface area contributed by atoms with Crippen molar-refractivity contribution in [2.45, 2.75) is 25.3 Å². The highest BCUT2D eigenvalue weighted by molar-refractivity contribution is 5.32. The third-order valence-electron chi connectivity index (χ3n) is 2.78. The van der Waals surface area contributed by atoms with Crippen LogP contribution in [-0.2, 0) is 6.42 Å². The van der Waals surface area contributed by atoms with Crippen LogP contribution in [0.3, 0.4) is 0 Å². The molecule has 0 bridgehead atoms. The van der Waals surface area contributed by atoms with E-state index in [-0.39, 0.29) is 6.04 Å². The Kier molecular flexibility index (Phi) is 2.86. The van der Waals surface area contributed by atoms with Crippen molar-refractivity contribution in [3.05, 3.63) is 29.3 Å². The van der Waals surface area contributed by atoms with Crippen molar-refractivity contribution < 1.29 is 13.9 Å². The Bertz CT molecular complexity index is 362. The molecule has 0 radical (unpaired) electrons. The first-order valence-electron chi connectivity index (χ1n) is 5.07. The number of rotatable bonds is 2. The van der Waals surface area contributed by atoms with Gasteiger partial charge in [-0.3, -0.25) is 0 Å². The first-order chi connectivity index (χ1) is 7.18. The number of hydrogen-bond acceptors (Lipinski definition) is 2. The lowest BCUT2D eigenvalue weighted by Crippen LogP contribution is -2.24. The number of aromatic hydroxyl groups is 1. The molecule has 1 saturated heterocycles. The molecular weight excluding hydrogens is 200 g/mol. The average Bonchev–Trinajstić information content (AvgIpc) is 2.72. The van der Waals surface area contributed by atoms with Gasteiger partial charge < -0.3 is 10.4 Å². The maximum atomic E-state index is 13.4. The van der Waals surface area contributed by atoms with Gasteiger partial charge >= 0.3 is 0 Å². The molecule has 0 saturated carbocycles. The zero-order valence-electron chi connectivity index (χ0n) is 8.26. The summed E-state index contributed by atoms with van der Waals surface area (Å²) in [6.45, 7) is 0.944. The lowest BCUT2D eigenvalue weighted by molar-refractivity contribution is 0.391. The Hall–Kier alpha value is -1.16. The van der Waals surface area contributed by atoms with E-state index in [1.165, 1.54) is 6.07 Å². The smallest absolute Gasteiger partial charge is 0.188 e. The second-order valence-corrected chi connectivity index (χ2v) is 3.87. The SMILES string of the molecule is Oc1c(F)ccc(CC2CCCN2)c1F. The molecular formula is C11H13F2NO. The van der Waals surface area contributed by atoms with Crippen molar-refractivity contribution in [2.75, 3.05) is 6.54 Å². The summed E-state index contributed by atoms with van der Waals surface area (Å²) in [5.41, 5.74) is 0.369. The first kappa shape index (κ1) is 10.4. The van der Waals surface area contributed by atoms with Crippen LogP contribution in [0.15, 0.2) is 12.1 Å². The number of hydrogen-bond donors (Lipinski definition) is 2. The summed E-state index contributed by atoms with van der Waals surface area (Å²) in [6, 6.07) is 2.73. The molecule has 1 aliphatic heterocycles. The summed E-state index contributed by atoms with van der Waals surface area (Å²) in [6.07, 6.45) is 2.58. The van der Waals surface area contributed by atoms with Crippen LogP contribution in [-0.4, -0.2) is 17.7 Å². The molecule has 1 aromatic rings. The quantitative estimate of drug-likeness (QED) is 0.787. The van der Waals surface area contributed by atoms with E-state index in [1.54, 1.807) is 0 Å². The van der Waals surface area contributed by atoms with Gasteiger partial charge in [0.1, 0.15) is 0 Å². The topological polar surface area (TPSA) is 32.3 Å². The lowest BCUT2D eigenvalue weighted by Gasteiger charge is -2.11. The van der Waals surface area contributed by atoms with Crippen LogP contribution in [0.5, 0.6) is 5.75 Å². The van der Waals surface area contributed by atoms with E-state index in [0.717, 1.165) is 25.5 Å². The highest BCUT2D eigenvalue weighted by Gasteiger charge is 2.19. The first-order valence-corrected chi connectivity index (χ1v) is 5.07. The van der Waals surface area contributed by atoms with Gasteiger partial charge in [0.15, 0.2) is 17.4 Å². The normalized spacial score (nSPS) is 20.8. The van der Waals surface area contributed by atoms with E-state index >= 15 is 0 Å². The van der Waals surface area contributed by atoms with Gasteiger partial charge in [0.05, 0.1) is 0 Å². The predicted molar refractivity (Wildman–Crippen MR) is 52.8 cm³/mol. The minimum Gasteiger partial charge on any atom is -0.503 e. The minimum atomic E-state index is -0.907. The van der Waals surface area contributed by atoms with Crippen LogP contribution in [0, 0.1) is 11.6 Å². The highest BCUT2D eigenvalue weighted by atomic mass is 19.1. The van der Waals surface area contributed by atoms with Gasteiger partial charge in [0, 0.05) is 6.04 Å². The summed E-state index contributed by atoms with van der Waals surface area (Å²) in [4.78, 5) is 0. The van der Waals surface area contributed by atoms with E-state index in [4.69, 9.17) is 5.11 Å². The maximum absolute atomic E-state index is 13.4. The Labute approximate surface area is 86.9 Å². The number of halogens is 2. The third kappa shape index (κ3) is 2.09. The van der Waals surface area contributed by atoms with Crippen LogP contribution in [0.25, 0.3) is 0 Å². The number of nitrogens with one attached hydrogen (secondary N) is 1. The molecule has 15 heavy (non-hydrogen) atoms. The van der Waals surface area contributed by atoms with E-state index in [1.807, 2.05) is 0 Å². The predicted octanol–water partition coefficient (Wildman–Crippen LogP) is 1.96. The fourth-order valence-electron chi connectivity index (χ4n) is 1.94. The zero-order valence-corrected chi connectivity index (χ0v) is 8.26. The molecule has 4 heteroatoms. The standard InChI is InChI=1S/C11H13F2NO/c12-9-4-3-7(10(13)11(9)15)6-8-2-1-5-14-8/h3-4,8,14-15H,1-2,5-6H2. The molecule has 0 amide bonds. The molecule has 2 rings (SSSR count). The summed E-state index contributed by atoms with van der Waals surface area (Å²) < 4.78 is 26.2. The zero-order chi connectivity index (χ0) is 10.8. The van der Waals surface area contributed by atoms with Crippen molar-refractivity contribution in [2.24, 2.45) is 0 Å². The second-order valence-electron chi connectivity index (χ2n) is 3.87. The number of phenols is 1. The van der Waals surface area contributed by atoms with E-state index in [0.29, 0.717) is 12.0 Å². The molecule has 1 aliphatic rings. The van der Waals surface area contributed by atoms with Gasteiger partial charge in [-0.05, 0) is 37.4 Å². The third-order valence-corrected chi connectivity index (χ3v) is 2.78. The molecule has 1 heterocycles. The summed E-state index contributed by atoms with van der Waals surface area (Å²) in [7, 11) is 0. The van der Waals surface area contributed by atoms with Gasteiger partial charge in [0.25, 0.3) is 0 Å². The Morgan fingerprint density at radius 2 is 2.20 bits per heavy atom. The summed E-state index contributed by atoms with van der Waals surface area (Å²) in [5.74, 6) is -2.61. The Morgan fingerprint density at radius 1 is 1.40 bits per heavy atom. The Morgan fingerprint density at radius 3 is 2.87 bits per heavy atom. The van der Waals surface area contributed by atoms with E-state index in [9.17, 15) is 8.78 Å². The summed E-state index contributed by atoms with van der Waals surface area (Å²) >= 11 is 0. The fraction of sp³-hybridized carbons (Fsp3) is 0.455. The van der Waals surface area contributed by atoms with Gasteiger partial charge in [0.2, 0.25) is 0 Å². The van der Waals surface area contributed by atoms with Gasteiger partial charge in [-0.15, -0.1) is 0 Å². The van der Waals surface area contributed by atoms with Crippen LogP contribution in [0.4, 0.5) is 8.78 Å². The summed E-state index contributed by atoms with van der Waals surface area (Å²) in [5, 5.41) is 12.3. The number of phenolic OH excluding ortho intramolecular Hbond substituents is 1. The average molecular weight is 213 g/mol. The Balaban J connectivity index is 2.17. The molecule has 1 unspecified atom stereocenters. The molecule has 2 nitrogen and oxygen atoms in total. The van der Waals surface area contributed by atoms with Gasteiger partial charge in [-0.25, -0.2) is 8.78 Å². The minimum absolute atomic E-state index is 0.240. The molecule has 1 fully saturated rings. The largest absolute Gasteiger partial charge is 0.503 e. The van der Waals surface area contributed by atoms with Crippen molar-refractivity contribution in [3.63, 3.8) is 0 Å². The van der Waals surface area contributed by atoms with Crippen molar-refractivity contribution in [1.82, 2.24) is 5.32 Å². The van der Waals surface area contributed by atoms with Gasteiger partial charge in [-0.1, -0.05) is 6.07 Å². The second kappa shape index (κ2) is 4.14. The molecule has 0 aromatic heterocycles. The van der Waals surface area contributed by atoms with Crippen molar-refractivity contribution in [3.8, 4) is 5.75 Å². The van der Waals surface area contributed by atoms with Crippen LogP contribution in [0.2, 0.25) is 0 Å². The molecule has 2 N–H and O–H groups in total. The fourth-order valence-corrected chi connectivity index (χ4v) is 1.94. The molecule has 1 aromatic carbocycles. The molecule has 1 atom stereocenters. The van der Waals surface area contributed by atoms with Gasteiger partial charge in [-0.2, -0.15) is 0 Å². The van der Waals surface area contributed by atoms with Crippen molar-refractivity contribution in [1.29, 1.82) is 0 Å². The molecule has 82 valence electrons. The van der Waals surface area contributed by atoms with E-state index in [2.05, 4.69) is 5.32 Å². The number of benzene rings is 1. The van der Waals surface area contributed by atoms with E-state index < -0.39 is 17.4 Å². The maximum Gasteiger partial charge on any atom is 0.188 e. The van der Waals surface area contributed by atoms with Crippen molar-refractivity contribution >= 4 is 0 Å². The monoisotopic (exact) mass is 213 g/mol. The molecule has 0 aliphatic carbocycles. The lowest BCUT2D eigenvalue weighted by atomic mass is 10.0. The van der Waals surface area contributed by atoms with Crippen LogP contribution in [0.1, 0.15) is 18.4 Å². The van der Waals surface area contributed by atoms with Crippen LogP contribution >= 0.6 is 0 Å². The molecule has 0 spiro atoms. The van der Waals surface area contributed by atoms with Crippen LogP contribution < -0.4 is 5.32 Å². The highest BCUT2D eigenvalue weighted by Crippen LogP contribution is 2.24.